The summed E-state index contributed by atoms with van der Waals surface area (Å²) in [6.07, 6.45) is 12.8. The lowest BCUT2D eigenvalue weighted by Crippen LogP contribution is -2.50. The van der Waals surface area contributed by atoms with E-state index in [4.69, 9.17) is 51.1 Å². The van der Waals surface area contributed by atoms with Crippen molar-refractivity contribution in [2.45, 2.75) is 106 Å². The molecule has 21 nitrogen and oxygen atoms in total. The normalized spacial score (nSPS) is 14.4. The molecule has 660 valence electrons. The second-order valence-electron chi connectivity index (χ2n) is 33.4. The molecule has 0 N–H and O–H groups in total. The van der Waals surface area contributed by atoms with Gasteiger partial charge < -0.3 is 47.5 Å². The monoisotopic (exact) mass is 1930 g/mol. The first-order chi connectivity index (χ1) is 61.4. The van der Waals surface area contributed by atoms with Crippen molar-refractivity contribution in [1.82, 2.24) is 52.7 Å². The van der Waals surface area contributed by atoms with E-state index in [1.807, 2.05) is 158 Å². The molecular formula is C100H96Br2Cl4FN11O10. The van der Waals surface area contributed by atoms with Gasteiger partial charge in [0.15, 0.2) is 23.1 Å². The highest BCUT2D eigenvalue weighted by Gasteiger charge is 2.37. The Bertz CT molecular complexity index is 6260. The van der Waals surface area contributed by atoms with Gasteiger partial charge in [-0.1, -0.05) is 119 Å². The standard InChI is InChI=1S/C27H25BrFN3O3.C27H29ClN2O3.C23H21BrClN3O2.C23H21Cl2N3O2/c1-2-26(34)32-12-17(13-32)9-22(33)15-31-16-24(23-11-20(28)4-6-25(23)31)27(35)30-8-7-18-10-21(29)5-3-19(18)14-30;1-5-26(32)29-14-19(15-29)12-21(31)16-30-18(4)27(23-13-20(28)10-11-24(23)30)22-8-6-7-9-25(22)33-17(2)3;1-3-21(30)27-11-15(12-27)9-17(29)13-28-14(2)22(18-5-4-8-26-23(18)24)19-10-16(25)6-7-20(19)28;1-3-21(30)27-11-15(12-27)9-17(29)13-28-14(2)22(23-19(25)5-4-8-26-23)18-10-16(24)6-7-20(18)28/h2-6,10-11,16-17H,1,7-9,12-15H2;5-11,13,17,19H,1,12,14-16H2,2-4H3;2*3-8,10,15H,1,9,11-13H2,2H3. The van der Waals surface area contributed by atoms with Crippen LogP contribution in [-0.4, -0.2) is 170 Å². The predicted molar refractivity (Wildman–Crippen MR) is 509 cm³/mol. The van der Waals surface area contributed by atoms with Crippen LogP contribution in [-0.2, 0) is 77.5 Å². The number of ketones is 4. The first-order valence-corrected chi connectivity index (χ1v) is 45.4. The highest BCUT2D eigenvalue weighted by molar-refractivity contribution is 9.10. The first kappa shape index (κ1) is 92.8. The first-order valence-electron chi connectivity index (χ1n) is 42.3. The Balaban J connectivity index is 0.000000138. The number of carbonyl (C=O) groups excluding carboxylic acids is 9. The fourth-order valence-corrected chi connectivity index (χ4v) is 19.4. The Kier molecular flexibility index (Phi) is 29.4. The number of nitrogens with zero attached hydrogens (tertiary/aromatic N) is 11. The van der Waals surface area contributed by atoms with E-state index in [0.29, 0.717) is 129 Å². The Hall–Kier alpha value is -11.4. The topological polar surface area (TPSA) is 225 Å². The molecule has 0 unspecified atom stereocenters. The molecule has 0 bridgehead atoms. The van der Waals surface area contributed by atoms with E-state index in [9.17, 15) is 47.5 Å². The molecule has 0 radical (unpaired) electrons. The molecule has 4 saturated heterocycles. The predicted octanol–water partition coefficient (Wildman–Crippen LogP) is 20.0. The number of pyridine rings is 2. The lowest BCUT2D eigenvalue weighted by molar-refractivity contribution is -0.134. The summed E-state index contributed by atoms with van der Waals surface area (Å²) in [6.45, 7) is 30.8. The molecule has 0 aliphatic carbocycles. The number of likely N-dealkylation sites (tertiary alicyclic amines) is 4. The van der Waals surface area contributed by atoms with E-state index >= 15 is 0 Å². The summed E-state index contributed by atoms with van der Waals surface area (Å²) < 4.78 is 29.2. The van der Waals surface area contributed by atoms with E-state index in [-0.39, 0.29) is 114 Å². The van der Waals surface area contributed by atoms with Crippen molar-refractivity contribution in [1.29, 1.82) is 0 Å². The second kappa shape index (κ2) is 40.5. The number of Topliss-reactive ketones (excluding diaryl/α,β-unsaturated/α-hetero) is 4. The number of hydrogen-bond acceptors (Lipinski definition) is 12. The molecule has 12 aromatic rings. The SMILES string of the molecule is C=CC(=O)N1CC(CC(=O)Cn2c(C)c(-c3ccccc3OC(C)C)c3cc(Cl)ccc32)C1.C=CC(=O)N1CC(CC(=O)Cn2c(C)c(-c3cccnc3Br)c3cc(Cl)ccc32)C1.C=CC(=O)N1CC(CC(=O)Cn2c(C)c(-c3ncccc3Cl)c3cc(Cl)ccc32)C1.C=CC(=O)N1CC(CC(=O)Cn2cc(C(=O)N3CCc4cc(F)ccc4C3)c3cc(Br)ccc32)C1. The van der Waals surface area contributed by atoms with E-state index in [1.54, 1.807) is 67.4 Å². The molecule has 28 heteroatoms. The van der Waals surface area contributed by atoms with Gasteiger partial charge in [-0.15, -0.1) is 0 Å². The van der Waals surface area contributed by atoms with Crippen molar-refractivity contribution in [2.75, 3.05) is 58.9 Å². The fourth-order valence-electron chi connectivity index (χ4n) is 17.9. The number of fused-ring (bicyclic) bond motifs is 5. The second-order valence-corrected chi connectivity index (χ2v) is 36.8. The zero-order valence-corrected chi connectivity index (χ0v) is 77.8. The van der Waals surface area contributed by atoms with Crippen molar-refractivity contribution in [3.8, 4) is 39.3 Å². The van der Waals surface area contributed by atoms with Gasteiger partial charge in [0.05, 0.1) is 48.6 Å². The third-order valence-electron chi connectivity index (χ3n) is 24.1. The summed E-state index contributed by atoms with van der Waals surface area (Å²) in [5.41, 5.74) is 14.6. The Labute approximate surface area is 778 Å². The van der Waals surface area contributed by atoms with Gasteiger partial charge in [-0.2, -0.15) is 0 Å². The minimum atomic E-state index is -0.261. The van der Waals surface area contributed by atoms with Crippen LogP contribution in [0.1, 0.15) is 78.1 Å². The van der Waals surface area contributed by atoms with E-state index in [2.05, 4.69) is 72.7 Å². The zero-order chi connectivity index (χ0) is 91.2. The quantitative estimate of drug-likeness (QED) is 0.0365. The Morgan fingerprint density at radius 2 is 0.891 bits per heavy atom. The van der Waals surface area contributed by atoms with Crippen LogP contribution < -0.4 is 4.74 Å². The number of hydrogen-bond donors (Lipinski definition) is 0. The van der Waals surface area contributed by atoms with Crippen LogP contribution >= 0.6 is 78.3 Å². The minimum Gasteiger partial charge on any atom is -0.490 e. The van der Waals surface area contributed by atoms with Gasteiger partial charge in [-0.05, 0) is 202 Å². The highest BCUT2D eigenvalue weighted by Crippen LogP contribution is 2.44. The van der Waals surface area contributed by atoms with E-state index < -0.39 is 0 Å². The Morgan fingerprint density at radius 3 is 1.35 bits per heavy atom. The molecule has 0 atom stereocenters. The van der Waals surface area contributed by atoms with Crippen LogP contribution in [0.5, 0.6) is 5.75 Å². The van der Waals surface area contributed by atoms with Gasteiger partial charge in [0.1, 0.15) is 16.2 Å². The molecule has 5 amide bonds. The van der Waals surface area contributed by atoms with E-state index in [0.717, 1.165) is 114 Å². The van der Waals surface area contributed by atoms with Gasteiger partial charge >= 0.3 is 0 Å². The average molecular weight is 1930 g/mol. The van der Waals surface area contributed by atoms with Crippen molar-refractivity contribution in [3.05, 3.63) is 277 Å². The molecule has 6 aromatic carbocycles. The summed E-state index contributed by atoms with van der Waals surface area (Å²) in [4.78, 5) is 129. The van der Waals surface area contributed by atoms with Crippen LogP contribution in [0.15, 0.2) is 218 Å². The molecule has 11 heterocycles. The maximum absolute atomic E-state index is 13.6. The lowest BCUT2D eigenvalue weighted by Gasteiger charge is -2.38. The molecule has 0 spiro atoms. The number of rotatable bonds is 26. The number of benzene rings is 6. The van der Waals surface area contributed by atoms with Crippen LogP contribution in [0.2, 0.25) is 20.1 Å². The van der Waals surface area contributed by atoms with Crippen LogP contribution in [0.4, 0.5) is 4.39 Å². The highest BCUT2D eigenvalue weighted by atomic mass is 79.9. The number of ether oxygens (including phenoxy) is 1. The number of amides is 5. The number of aromatic nitrogens is 6. The third-order valence-corrected chi connectivity index (χ3v) is 26.3. The Morgan fingerprint density at radius 1 is 0.469 bits per heavy atom. The van der Waals surface area contributed by atoms with Gasteiger partial charge in [0, 0.05) is 241 Å². The van der Waals surface area contributed by atoms with Crippen molar-refractivity contribution in [3.63, 3.8) is 0 Å². The molecule has 17 rings (SSSR count). The molecular weight excluding hydrogens is 1840 g/mol. The van der Waals surface area contributed by atoms with Crippen molar-refractivity contribution in [2.24, 2.45) is 23.7 Å². The summed E-state index contributed by atoms with van der Waals surface area (Å²) in [7, 11) is 0. The van der Waals surface area contributed by atoms with Crippen LogP contribution in [0, 0.1) is 50.3 Å². The minimum absolute atomic E-state index is 0.0417. The summed E-state index contributed by atoms with van der Waals surface area (Å²) in [5.74, 6) is 1.36. The molecule has 128 heavy (non-hydrogen) atoms. The molecule has 5 aliphatic heterocycles. The zero-order valence-electron chi connectivity index (χ0n) is 71.6. The number of halogens is 7. The molecule has 4 fully saturated rings. The number of para-hydroxylation sites is 1. The third kappa shape index (κ3) is 20.7. The van der Waals surface area contributed by atoms with Gasteiger partial charge in [0.25, 0.3) is 5.91 Å². The van der Waals surface area contributed by atoms with Crippen molar-refractivity contribution >= 4 is 175 Å². The maximum Gasteiger partial charge on any atom is 0.256 e. The summed E-state index contributed by atoms with van der Waals surface area (Å²) >= 11 is 32.4. The van der Waals surface area contributed by atoms with Gasteiger partial charge in [0.2, 0.25) is 23.6 Å². The molecule has 6 aromatic heterocycles. The summed E-state index contributed by atoms with van der Waals surface area (Å²) in [6, 6.07) is 43.0. The van der Waals surface area contributed by atoms with Crippen LogP contribution in [0.3, 0.4) is 0 Å². The van der Waals surface area contributed by atoms with Crippen LogP contribution in [0.25, 0.3) is 77.1 Å². The lowest BCUT2D eigenvalue weighted by atomic mass is 9.94. The average Bonchev–Trinajstić information content (AvgIpc) is 1.61. The van der Waals surface area contributed by atoms with Gasteiger partial charge in [-0.3, -0.25) is 48.1 Å². The van der Waals surface area contributed by atoms with Crippen molar-refractivity contribution < 1.29 is 52.3 Å². The maximum atomic E-state index is 13.6. The fraction of sp³-hybridized carbons (Fsp3) is 0.290. The number of carbonyl (C=O) groups is 9. The summed E-state index contributed by atoms with van der Waals surface area (Å²) in [5, 5.41) is 6.15. The smallest absolute Gasteiger partial charge is 0.256 e. The molecule has 0 saturated carbocycles. The van der Waals surface area contributed by atoms with E-state index in [1.165, 1.54) is 30.4 Å². The largest absolute Gasteiger partial charge is 0.490 e. The van der Waals surface area contributed by atoms with Gasteiger partial charge in [-0.25, -0.2) is 9.37 Å². The molecule has 5 aliphatic rings.